The van der Waals surface area contributed by atoms with E-state index in [0.29, 0.717) is 18.1 Å². The summed E-state index contributed by atoms with van der Waals surface area (Å²) in [6, 6.07) is 8.38. The largest absolute Gasteiger partial charge is 0.495 e. The Morgan fingerprint density at radius 2 is 1.86 bits per heavy atom. The van der Waals surface area contributed by atoms with E-state index in [9.17, 15) is 4.79 Å². The Morgan fingerprint density at radius 1 is 1.14 bits per heavy atom. The molecule has 1 saturated carbocycles. The van der Waals surface area contributed by atoms with Crippen molar-refractivity contribution in [3.05, 3.63) is 36.0 Å². The van der Waals surface area contributed by atoms with E-state index in [1.54, 1.807) is 7.11 Å². The van der Waals surface area contributed by atoms with Crippen LogP contribution in [-0.2, 0) is 4.79 Å². The second kappa shape index (κ2) is 6.55. The first-order valence-corrected chi connectivity index (χ1v) is 8.33. The summed E-state index contributed by atoms with van der Waals surface area (Å²) in [6.45, 7) is 1.92. The molecule has 1 fully saturated rings. The van der Waals surface area contributed by atoms with Crippen LogP contribution in [0.5, 0.6) is 5.75 Å². The van der Waals surface area contributed by atoms with Crippen molar-refractivity contribution in [3.8, 4) is 5.75 Å². The van der Waals surface area contributed by atoms with Gasteiger partial charge in [-0.15, -0.1) is 0 Å². The molecule has 3 heteroatoms. The second-order valence-corrected chi connectivity index (χ2v) is 6.48. The number of rotatable bonds is 3. The monoisotopic (exact) mass is 299 g/mol. The molecule has 0 amide bonds. The minimum absolute atomic E-state index is 0.271. The molecule has 1 aliphatic carbocycles. The molecule has 1 heterocycles. The van der Waals surface area contributed by atoms with Gasteiger partial charge in [-0.25, -0.2) is 0 Å². The second-order valence-electron chi connectivity index (χ2n) is 6.48. The number of ether oxygens (including phenoxy) is 1. The molecule has 22 heavy (non-hydrogen) atoms. The van der Waals surface area contributed by atoms with Crippen LogP contribution in [0.15, 0.2) is 36.0 Å². The molecule has 0 N–H and O–H groups in total. The van der Waals surface area contributed by atoms with E-state index in [2.05, 4.69) is 11.0 Å². The van der Waals surface area contributed by atoms with Gasteiger partial charge in [-0.2, -0.15) is 0 Å². The quantitative estimate of drug-likeness (QED) is 0.832. The van der Waals surface area contributed by atoms with Crippen LogP contribution >= 0.6 is 0 Å². The zero-order chi connectivity index (χ0) is 15.5. The van der Waals surface area contributed by atoms with Gasteiger partial charge in [0.15, 0.2) is 5.78 Å². The Hall–Kier alpha value is -1.77. The molecule has 1 atom stereocenters. The van der Waals surface area contributed by atoms with Crippen molar-refractivity contribution in [2.75, 3.05) is 12.0 Å². The van der Waals surface area contributed by atoms with Gasteiger partial charge in [-0.1, -0.05) is 31.4 Å². The average Bonchev–Trinajstić information content (AvgIpc) is 2.57. The predicted octanol–water partition coefficient (Wildman–Crippen LogP) is 4.33. The Morgan fingerprint density at radius 3 is 2.59 bits per heavy atom. The highest BCUT2D eigenvalue weighted by Crippen LogP contribution is 2.39. The highest BCUT2D eigenvalue weighted by Gasteiger charge is 2.34. The Balaban J connectivity index is 1.97. The number of hydrogen-bond acceptors (Lipinski definition) is 3. The van der Waals surface area contributed by atoms with E-state index in [0.717, 1.165) is 17.0 Å². The Kier molecular flexibility index (Phi) is 4.51. The number of anilines is 1. The predicted molar refractivity (Wildman–Crippen MR) is 89.2 cm³/mol. The van der Waals surface area contributed by atoms with E-state index in [1.165, 1.54) is 32.1 Å². The van der Waals surface area contributed by atoms with Crippen molar-refractivity contribution in [1.82, 2.24) is 0 Å². The average molecular weight is 299 g/mol. The SMILES string of the molecule is COc1ccccc1N1C=C(C)C(=O)C[C@@H]1C1CCCCC1. The van der Waals surface area contributed by atoms with Crippen molar-refractivity contribution in [1.29, 1.82) is 0 Å². The molecule has 3 rings (SSSR count). The van der Waals surface area contributed by atoms with Crippen LogP contribution in [-0.4, -0.2) is 18.9 Å². The molecule has 0 spiro atoms. The Labute approximate surface area is 133 Å². The number of ketones is 1. The van der Waals surface area contributed by atoms with Gasteiger partial charge < -0.3 is 9.64 Å². The third kappa shape index (κ3) is 2.90. The summed E-state index contributed by atoms with van der Waals surface area (Å²) in [6.07, 6.45) is 9.04. The minimum atomic E-state index is 0.271. The summed E-state index contributed by atoms with van der Waals surface area (Å²) in [4.78, 5) is 14.5. The summed E-state index contributed by atoms with van der Waals surface area (Å²) in [5.74, 6) is 1.77. The van der Waals surface area contributed by atoms with Crippen molar-refractivity contribution in [3.63, 3.8) is 0 Å². The molecule has 1 aromatic rings. The van der Waals surface area contributed by atoms with Crippen LogP contribution < -0.4 is 9.64 Å². The van der Waals surface area contributed by atoms with E-state index in [-0.39, 0.29) is 6.04 Å². The highest BCUT2D eigenvalue weighted by atomic mass is 16.5. The molecular weight excluding hydrogens is 274 g/mol. The zero-order valence-corrected chi connectivity index (χ0v) is 13.5. The third-order valence-electron chi connectivity index (χ3n) is 5.08. The molecule has 0 aromatic heterocycles. The first kappa shape index (κ1) is 15.1. The number of methoxy groups -OCH3 is 1. The Bertz CT molecular complexity index is 573. The maximum atomic E-state index is 12.3. The fourth-order valence-corrected chi connectivity index (χ4v) is 3.83. The molecule has 0 bridgehead atoms. The molecule has 3 nitrogen and oxygen atoms in total. The number of benzene rings is 1. The minimum Gasteiger partial charge on any atom is -0.495 e. The van der Waals surface area contributed by atoms with Crippen molar-refractivity contribution in [2.45, 2.75) is 51.5 Å². The van der Waals surface area contributed by atoms with Crippen LogP contribution in [0.1, 0.15) is 45.4 Å². The molecule has 1 aromatic carbocycles. The fraction of sp³-hybridized carbons (Fsp3) is 0.526. The lowest BCUT2D eigenvalue weighted by atomic mass is 9.79. The summed E-state index contributed by atoms with van der Waals surface area (Å²) in [7, 11) is 1.71. The lowest BCUT2D eigenvalue weighted by Gasteiger charge is -2.41. The summed E-state index contributed by atoms with van der Waals surface area (Å²) in [5, 5.41) is 0. The number of allylic oxidation sites excluding steroid dienone is 1. The van der Waals surface area contributed by atoms with Gasteiger partial charge in [0.25, 0.3) is 0 Å². The van der Waals surface area contributed by atoms with Gasteiger partial charge >= 0.3 is 0 Å². The number of Topliss-reactive ketones (excluding diaryl/α,β-unsaturated/α-hetero) is 1. The van der Waals surface area contributed by atoms with Gasteiger partial charge in [-0.3, -0.25) is 4.79 Å². The van der Waals surface area contributed by atoms with Gasteiger partial charge in [0, 0.05) is 24.2 Å². The molecule has 0 radical (unpaired) electrons. The van der Waals surface area contributed by atoms with Gasteiger partial charge in [-0.05, 0) is 37.8 Å². The third-order valence-corrected chi connectivity index (χ3v) is 5.08. The summed E-state index contributed by atoms with van der Waals surface area (Å²) in [5.41, 5.74) is 1.92. The summed E-state index contributed by atoms with van der Waals surface area (Å²) >= 11 is 0. The van der Waals surface area contributed by atoms with Gasteiger partial charge in [0.2, 0.25) is 0 Å². The van der Waals surface area contributed by atoms with Crippen molar-refractivity contribution < 1.29 is 9.53 Å². The maximum Gasteiger partial charge on any atom is 0.162 e. The van der Waals surface area contributed by atoms with Gasteiger partial charge in [0.1, 0.15) is 5.75 Å². The molecular formula is C19H25NO2. The van der Waals surface area contributed by atoms with E-state index in [4.69, 9.17) is 4.74 Å². The topological polar surface area (TPSA) is 29.5 Å². The van der Waals surface area contributed by atoms with Crippen LogP contribution in [0.3, 0.4) is 0 Å². The van der Waals surface area contributed by atoms with E-state index in [1.807, 2.05) is 31.3 Å². The van der Waals surface area contributed by atoms with Crippen LogP contribution in [0, 0.1) is 5.92 Å². The zero-order valence-electron chi connectivity index (χ0n) is 13.5. The van der Waals surface area contributed by atoms with Crippen LogP contribution in [0.4, 0.5) is 5.69 Å². The standard InChI is InChI=1S/C19H25NO2/c1-14-13-20(16-10-6-7-11-19(16)22-2)17(12-18(14)21)15-8-4-3-5-9-15/h6-7,10-11,13,15,17H,3-5,8-9,12H2,1-2H3/t17-/m1/s1. The first-order chi connectivity index (χ1) is 10.7. The number of carbonyl (C=O) groups excluding carboxylic acids is 1. The van der Waals surface area contributed by atoms with Crippen LogP contribution in [0.25, 0.3) is 0 Å². The first-order valence-electron chi connectivity index (χ1n) is 8.33. The molecule has 118 valence electrons. The lowest BCUT2D eigenvalue weighted by Crippen LogP contribution is -2.43. The van der Waals surface area contributed by atoms with E-state index >= 15 is 0 Å². The van der Waals surface area contributed by atoms with Crippen molar-refractivity contribution >= 4 is 11.5 Å². The molecule has 2 aliphatic rings. The van der Waals surface area contributed by atoms with E-state index < -0.39 is 0 Å². The maximum absolute atomic E-state index is 12.3. The lowest BCUT2D eigenvalue weighted by molar-refractivity contribution is -0.116. The highest BCUT2D eigenvalue weighted by molar-refractivity contribution is 5.97. The number of nitrogens with zero attached hydrogens (tertiary/aromatic N) is 1. The number of para-hydroxylation sites is 2. The van der Waals surface area contributed by atoms with Gasteiger partial charge in [0.05, 0.1) is 12.8 Å². The van der Waals surface area contributed by atoms with Crippen LogP contribution in [0.2, 0.25) is 0 Å². The fourth-order valence-electron chi connectivity index (χ4n) is 3.83. The number of hydrogen-bond donors (Lipinski definition) is 0. The molecule has 0 saturated heterocycles. The normalized spacial score (nSPS) is 23.4. The molecule has 0 unspecified atom stereocenters. The number of carbonyl (C=O) groups is 1. The summed E-state index contributed by atoms with van der Waals surface area (Å²) < 4.78 is 5.54. The van der Waals surface area contributed by atoms with Crippen molar-refractivity contribution in [2.24, 2.45) is 5.92 Å². The molecule has 1 aliphatic heterocycles. The smallest absolute Gasteiger partial charge is 0.162 e.